The molecule has 5 heteroatoms. The fourth-order valence-corrected chi connectivity index (χ4v) is 2.25. The van der Waals surface area contributed by atoms with Crippen LogP contribution in [0, 0.1) is 0 Å². The van der Waals surface area contributed by atoms with E-state index in [1.165, 1.54) is 11.1 Å². The number of aryl methyl sites for hydroxylation is 1. The number of rotatable bonds is 5. The highest BCUT2D eigenvalue weighted by molar-refractivity contribution is 5.73. The van der Waals surface area contributed by atoms with E-state index in [4.69, 9.17) is 9.84 Å². The van der Waals surface area contributed by atoms with Crippen molar-refractivity contribution in [3.05, 3.63) is 35.5 Å². The summed E-state index contributed by atoms with van der Waals surface area (Å²) >= 11 is 0. The Labute approximate surface area is 132 Å². The quantitative estimate of drug-likeness (QED) is 0.778. The molecule has 122 valence electrons. The average molecular weight is 306 g/mol. The Morgan fingerprint density at radius 1 is 1.55 bits per heavy atom. The highest BCUT2D eigenvalue weighted by Gasteiger charge is 2.20. The van der Waals surface area contributed by atoms with Crippen LogP contribution < -0.4 is 15.4 Å². The SMILES string of the molecule is CCc1ccc(OC)cc1/C=C\NC.O=C(O)[C@@H]1CCCN1. The summed E-state index contributed by atoms with van der Waals surface area (Å²) in [5.41, 5.74) is 2.54. The Kier molecular flexibility index (Phi) is 8.07. The molecule has 1 saturated heterocycles. The first-order valence-electron chi connectivity index (χ1n) is 7.59. The fraction of sp³-hybridized carbons (Fsp3) is 0.471. The molecule has 2 rings (SSSR count). The molecule has 1 fully saturated rings. The number of ether oxygens (including phenoxy) is 1. The number of methoxy groups -OCH3 is 1. The molecule has 1 aromatic rings. The molecule has 1 heterocycles. The van der Waals surface area contributed by atoms with Crippen LogP contribution in [0.15, 0.2) is 24.4 Å². The van der Waals surface area contributed by atoms with Crippen molar-refractivity contribution in [2.75, 3.05) is 20.7 Å². The predicted molar refractivity (Wildman–Crippen MR) is 89.1 cm³/mol. The average Bonchev–Trinajstić information content (AvgIpc) is 3.08. The largest absolute Gasteiger partial charge is 0.497 e. The molecular weight excluding hydrogens is 280 g/mol. The minimum atomic E-state index is -0.720. The lowest BCUT2D eigenvalue weighted by Crippen LogP contribution is -2.29. The number of carboxylic acids is 1. The first kappa shape index (κ1) is 18.0. The molecule has 0 spiro atoms. The molecule has 0 aromatic heterocycles. The van der Waals surface area contributed by atoms with E-state index in [0.29, 0.717) is 0 Å². The Morgan fingerprint density at radius 2 is 2.32 bits per heavy atom. The van der Waals surface area contributed by atoms with Crippen LogP contribution in [-0.2, 0) is 11.2 Å². The third kappa shape index (κ3) is 5.77. The lowest BCUT2D eigenvalue weighted by atomic mass is 10.0. The van der Waals surface area contributed by atoms with E-state index >= 15 is 0 Å². The van der Waals surface area contributed by atoms with Crippen molar-refractivity contribution in [2.24, 2.45) is 0 Å². The van der Waals surface area contributed by atoms with Crippen LogP contribution in [0.4, 0.5) is 0 Å². The second-order valence-electron chi connectivity index (χ2n) is 5.03. The zero-order valence-corrected chi connectivity index (χ0v) is 13.6. The van der Waals surface area contributed by atoms with E-state index in [1.807, 2.05) is 25.4 Å². The van der Waals surface area contributed by atoms with E-state index in [9.17, 15) is 4.79 Å². The minimum Gasteiger partial charge on any atom is -0.497 e. The van der Waals surface area contributed by atoms with Crippen molar-refractivity contribution >= 4 is 12.0 Å². The normalized spacial score (nSPS) is 17.0. The highest BCUT2D eigenvalue weighted by Crippen LogP contribution is 2.19. The summed E-state index contributed by atoms with van der Waals surface area (Å²) in [6.45, 7) is 3.01. The second kappa shape index (κ2) is 9.84. The molecule has 5 nitrogen and oxygen atoms in total. The van der Waals surface area contributed by atoms with Gasteiger partial charge in [-0.3, -0.25) is 4.79 Å². The molecule has 1 aromatic carbocycles. The zero-order valence-electron chi connectivity index (χ0n) is 13.6. The minimum absolute atomic E-state index is 0.269. The van der Waals surface area contributed by atoms with Crippen LogP contribution in [0.2, 0.25) is 0 Å². The van der Waals surface area contributed by atoms with Crippen LogP contribution >= 0.6 is 0 Å². The van der Waals surface area contributed by atoms with Gasteiger partial charge < -0.3 is 20.5 Å². The van der Waals surface area contributed by atoms with Gasteiger partial charge in [-0.05, 0) is 61.3 Å². The number of hydrogen-bond acceptors (Lipinski definition) is 4. The highest BCUT2D eigenvalue weighted by atomic mass is 16.5. The Balaban J connectivity index is 0.000000255. The molecule has 1 aliphatic rings. The standard InChI is InChI=1S/C12H17NO.C5H9NO2/c1-4-10-5-6-12(14-3)9-11(10)7-8-13-2;7-5(8)4-2-1-3-6-4/h5-9,13H,4H2,1-3H3;4,6H,1-3H2,(H,7,8)/b8-7-;/t;4-/m.0/s1. The molecule has 0 amide bonds. The van der Waals surface area contributed by atoms with Crippen molar-refractivity contribution in [3.63, 3.8) is 0 Å². The third-order valence-electron chi connectivity index (χ3n) is 3.52. The Bertz CT molecular complexity index is 495. The van der Waals surface area contributed by atoms with Crippen LogP contribution in [0.3, 0.4) is 0 Å². The maximum atomic E-state index is 10.1. The number of nitrogens with one attached hydrogen (secondary N) is 2. The fourth-order valence-electron chi connectivity index (χ4n) is 2.25. The van der Waals surface area contributed by atoms with Crippen molar-refractivity contribution in [2.45, 2.75) is 32.2 Å². The lowest BCUT2D eigenvalue weighted by molar-refractivity contribution is -0.139. The summed E-state index contributed by atoms with van der Waals surface area (Å²) in [5.74, 6) is 0.181. The summed E-state index contributed by atoms with van der Waals surface area (Å²) in [5, 5.41) is 14.2. The molecule has 1 aliphatic heterocycles. The van der Waals surface area contributed by atoms with Crippen LogP contribution in [0.5, 0.6) is 5.75 Å². The molecule has 1 atom stereocenters. The molecule has 0 saturated carbocycles. The molecule has 0 unspecified atom stereocenters. The van der Waals surface area contributed by atoms with Gasteiger partial charge in [0.25, 0.3) is 0 Å². The second-order valence-corrected chi connectivity index (χ2v) is 5.03. The molecule has 22 heavy (non-hydrogen) atoms. The van der Waals surface area contributed by atoms with Gasteiger partial charge in [0.2, 0.25) is 0 Å². The van der Waals surface area contributed by atoms with Crippen LogP contribution in [-0.4, -0.2) is 37.8 Å². The molecule has 3 N–H and O–H groups in total. The van der Waals surface area contributed by atoms with Gasteiger partial charge in [-0.25, -0.2) is 0 Å². The smallest absolute Gasteiger partial charge is 0.320 e. The summed E-state index contributed by atoms with van der Waals surface area (Å²) in [6.07, 6.45) is 6.80. The van der Waals surface area contributed by atoms with Crippen LogP contribution in [0.25, 0.3) is 6.08 Å². The Morgan fingerprint density at radius 3 is 2.77 bits per heavy atom. The Hall–Kier alpha value is -2.01. The van der Waals surface area contributed by atoms with Crippen molar-refractivity contribution < 1.29 is 14.6 Å². The lowest BCUT2D eigenvalue weighted by Gasteiger charge is -2.06. The van der Waals surface area contributed by atoms with Gasteiger partial charge >= 0.3 is 5.97 Å². The topological polar surface area (TPSA) is 70.6 Å². The molecular formula is C17H26N2O3. The van der Waals surface area contributed by atoms with Gasteiger partial charge in [0, 0.05) is 7.05 Å². The van der Waals surface area contributed by atoms with Crippen LogP contribution in [0.1, 0.15) is 30.9 Å². The summed E-state index contributed by atoms with van der Waals surface area (Å²) in [4.78, 5) is 10.1. The number of hydrogen-bond donors (Lipinski definition) is 3. The van der Waals surface area contributed by atoms with E-state index in [1.54, 1.807) is 7.11 Å². The van der Waals surface area contributed by atoms with Gasteiger partial charge in [-0.15, -0.1) is 0 Å². The maximum absolute atomic E-state index is 10.1. The van der Waals surface area contributed by atoms with Gasteiger partial charge in [-0.2, -0.15) is 0 Å². The molecule has 0 aliphatic carbocycles. The summed E-state index contributed by atoms with van der Waals surface area (Å²) in [6, 6.07) is 5.88. The summed E-state index contributed by atoms with van der Waals surface area (Å²) in [7, 11) is 3.58. The van der Waals surface area contributed by atoms with Gasteiger partial charge in [-0.1, -0.05) is 13.0 Å². The first-order valence-corrected chi connectivity index (χ1v) is 7.59. The number of aliphatic carboxylic acids is 1. The van der Waals surface area contributed by atoms with Gasteiger partial charge in [0.15, 0.2) is 0 Å². The van der Waals surface area contributed by atoms with E-state index < -0.39 is 5.97 Å². The molecule has 0 radical (unpaired) electrons. The van der Waals surface area contributed by atoms with E-state index in [2.05, 4.69) is 29.7 Å². The predicted octanol–water partition coefficient (Wildman–Crippen LogP) is 2.27. The van der Waals surface area contributed by atoms with Gasteiger partial charge in [0.05, 0.1) is 7.11 Å². The third-order valence-corrected chi connectivity index (χ3v) is 3.52. The number of benzene rings is 1. The maximum Gasteiger partial charge on any atom is 0.320 e. The number of carbonyl (C=O) groups is 1. The summed E-state index contributed by atoms with van der Waals surface area (Å²) < 4.78 is 5.18. The number of carboxylic acid groups (broad SMARTS) is 1. The van der Waals surface area contributed by atoms with Gasteiger partial charge in [0.1, 0.15) is 11.8 Å². The van der Waals surface area contributed by atoms with Crippen molar-refractivity contribution in [3.8, 4) is 5.75 Å². The van der Waals surface area contributed by atoms with Crippen molar-refractivity contribution in [1.82, 2.24) is 10.6 Å². The van der Waals surface area contributed by atoms with E-state index in [0.717, 1.165) is 31.6 Å². The zero-order chi connectivity index (χ0) is 16.4. The first-order chi connectivity index (χ1) is 10.6. The van der Waals surface area contributed by atoms with E-state index in [-0.39, 0.29) is 6.04 Å². The monoisotopic (exact) mass is 306 g/mol. The van der Waals surface area contributed by atoms with Crippen molar-refractivity contribution in [1.29, 1.82) is 0 Å². The molecule has 0 bridgehead atoms.